The summed E-state index contributed by atoms with van der Waals surface area (Å²) in [6.45, 7) is 3.81. The second-order valence-corrected chi connectivity index (χ2v) is 7.70. The number of allylic oxidation sites excluding steroid dienone is 2. The van der Waals surface area contributed by atoms with Crippen LogP contribution in [0.1, 0.15) is 22.3 Å². The number of hydrogen-bond donors (Lipinski definition) is 0. The van der Waals surface area contributed by atoms with E-state index in [1.165, 1.54) is 27.8 Å². The van der Waals surface area contributed by atoms with Gasteiger partial charge in [0, 0.05) is 6.54 Å². The summed E-state index contributed by atoms with van der Waals surface area (Å²) in [5.41, 5.74) is 6.66. The van der Waals surface area contributed by atoms with Crippen molar-refractivity contribution in [3.8, 4) is 5.75 Å². The van der Waals surface area contributed by atoms with Gasteiger partial charge in [-0.2, -0.15) is 0 Å². The standard InChI is InChI=1S/C27H31NO/c1-22-9-7-8-10-24(22)15-16-26(25-11-5-4-6-12-25)21-23-13-17-27(18-14-23)29-20-19-28(2)3/h4-14,16-18H,15,19-21H2,1-3H3/b26-16-. The van der Waals surface area contributed by atoms with Crippen molar-refractivity contribution in [2.45, 2.75) is 19.8 Å². The van der Waals surface area contributed by atoms with Gasteiger partial charge >= 0.3 is 0 Å². The van der Waals surface area contributed by atoms with E-state index in [1.54, 1.807) is 0 Å². The number of hydrogen-bond acceptors (Lipinski definition) is 2. The number of aryl methyl sites for hydroxylation is 1. The van der Waals surface area contributed by atoms with Crippen molar-refractivity contribution in [1.82, 2.24) is 4.90 Å². The van der Waals surface area contributed by atoms with Gasteiger partial charge in [0.1, 0.15) is 12.4 Å². The molecule has 29 heavy (non-hydrogen) atoms. The molecule has 0 saturated carbocycles. The van der Waals surface area contributed by atoms with E-state index in [-0.39, 0.29) is 0 Å². The molecule has 0 aliphatic carbocycles. The van der Waals surface area contributed by atoms with Gasteiger partial charge in [-0.05, 0) is 73.8 Å². The highest BCUT2D eigenvalue weighted by Gasteiger charge is 2.05. The van der Waals surface area contributed by atoms with Gasteiger partial charge in [0.25, 0.3) is 0 Å². The van der Waals surface area contributed by atoms with E-state index >= 15 is 0 Å². The lowest BCUT2D eigenvalue weighted by Crippen LogP contribution is -2.19. The van der Waals surface area contributed by atoms with E-state index < -0.39 is 0 Å². The Bertz CT molecular complexity index is 911. The summed E-state index contributed by atoms with van der Waals surface area (Å²) in [5, 5.41) is 0. The molecule has 0 bridgehead atoms. The first-order valence-electron chi connectivity index (χ1n) is 10.3. The zero-order valence-electron chi connectivity index (χ0n) is 17.8. The molecule has 3 aromatic carbocycles. The van der Waals surface area contributed by atoms with Crippen LogP contribution >= 0.6 is 0 Å². The molecule has 0 atom stereocenters. The third-order valence-corrected chi connectivity index (χ3v) is 5.10. The van der Waals surface area contributed by atoms with Gasteiger partial charge in [0.2, 0.25) is 0 Å². The minimum Gasteiger partial charge on any atom is -0.492 e. The second kappa shape index (κ2) is 10.6. The lowest BCUT2D eigenvalue weighted by atomic mass is 9.95. The molecular weight excluding hydrogens is 354 g/mol. The summed E-state index contributed by atoms with van der Waals surface area (Å²) in [5.74, 6) is 0.931. The largest absolute Gasteiger partial charge is 0.492 e. The van der Waals surface area contributed by atoms with Crippen molar-refractivity contribution >= 4 is 5.57 Å². The summed E-state index contributed by atoms with van der Waals surface area (Å²) in [6.07, 6.45) is 4.23. The van der Waals surface area contributed by atoms with Crippen LogP contribution in [0.5, 0.6) is 5.75 Å². The highest BCUT2D eigenvalue weighted by atomic mass is 16.5. The van der Waals surface area contributed by atoms with Crippen LogP contribution < -0.4 is 4.74 Å². The predicted molar refractivity (Wildman–Crippen MR) is 123 cm³/mol. The number of likely N-dealkylation sites (N-methyl/N-ethyl adjacent to an activating group) is 1. The SMILES string of the molecule is Cc1ccccc1C/C=C(/Cc1ccc(OCCN(C)C)cc1)c1ccccc1. The van der Waals surface area contributed by atoms with Gasteiger partial charge in [-0.3, -0.25) is 0 Å². The smallest absolute Gasteiger partial charge is 0.119 e. The molecule has 0 fully saturated rings. The summed E-state index contributed by atoms with van der Waals surface area (Å²) >= 11 is 0. The fourth-order valence-corrected chi connectivity index (χ4v) is 3.29. The maximum absolute atomic E-state index is 5.82. The zero-order valence-corrected chi connectivity index (χ0v) is 17.8. The van der Waals surface area contributed by atoms with Crippen LogP contribution in [0.2, 0.25) is 0 Å². The van der Waals surface area contributed by atoms with Crippen LogP contribution in [0.25, 0.3) is 5.57 Å². The summed E-state index contributed by atoms with van der Waals surface area (Å²) in [7, 11) is 4.11. The Kier molecular flexibility index (Phi) is 7.66. The Morgan fingerprint density at radius 1 is 0.862 bits per heavy atom. The molecule has 0 heterocycles. The molecule has 2 nitrogen and oxygen atoms in total. The van der Waals surface area contributed by atoms with E-state index in [1.807, 2.05) is 0 Å². The highest BCUT2D eigenvalue weighted by molar-refractivity contribution is 5.68. The number of rotatable bonds is 9. The maximum atomic E-state index is 5.82. The summed E-state index contributed by atoms with van der Waals surface area (Å²) < 4.78 is 5.82. The zero-order chi connectivity index (χ0) is 20.5. The van der Waals surface area contributed by atoms with Crippen LogP contribution in [0.3, 0.4) is 0 Å². The molecule has 3 rings (SSSR count). The Morgan fingerprint density at radius 2 is 1.55 bits per heavy atom. The van der Waals surface area contributed by atoms with Crippen molar-refractivity contribution in [2.24, 2.45) is 0 Å². The summed E-state index contributed by atoms with van der Waals surface area (Å²) in [4.78, 5) is 2.12. The molecule has 3 aromatic rings. The molecule has 0 radical (unpaired) electrons. The minimum atomic E-state index is 0.706. The van der Waals surface area contributed by atoms with Crippen molar-refractivity contribution in [2.75, 3.05) is 27.2 Å². The highest BCUT2D eigenvalue weighted by Crippen LogP contribution is 2.23. The van der Waals surface area contributed by atoms with E-state index in [0.29, 0.717) is 6.61 Å². The lowest BCUT2D eigenvalue weighted by Gasteiger charge is -2.12. The van der Waals surface area contributed by atoms with E-state index in [9.17, 15) is 0 Å². The second-order valence-electron chi connectivity index (χ2n) is 7.70. The molecule has 0 aliphatic rings. The van der Waals surface area contributed by atoms with Gasteiger partial charge in [-0.15, -0.1) is 0 Å². The number of benzene rings is 3. The Hall–Kier alpha value is -2.84. The van der Waals surface area contributed by atoms with E-state index in [0.717, 1.165) is 25.1 Å². The van der Waals surface area contributed by atoms with Crippen LogP contribution in [0.15, 0.2) is 84.9 Å². The Balaban J connectivity index is 1.73. The van der Waals surface area contributed by atoms with Gasteiger partial charge in [-0.25, -0.2) is 0 Å². The third-order valence-electron chi connectivity index (χ3n) is 5.10. The quantitative estimate of drug-likeness (QED) is 0.461. The lowest BCUT2D eigenvalue weighted by molar-refractivity contribution is 0.261. The van der Waals surface area contributed by atoms with Crippen LogP contribution in [-0.2, 0) is 12.8 Å². The van der Waals surface area contributed by atoms with Crippen LogP contribution in [0, 0.1) is 6.92 Å². The average Bonchev–Trinajstić information content (AvgIpc) is 2.73. The normalized spacial score (nSPS) is 11.7. The molecule has 0 aliphatic heterocycles. The van der Waals surface area contributed by atoms with Gasteiger partial charge in [0.15, 0.2) is 0 Å². The molecule has 0 amide bonds. The molecule has 0 unspecified atom stereocenters. The minimum absolute atomic E-state index is 0.706. The third kappa shape index (κ3) is 6.62. The van der Waals surface area contributed by atoms with Crippen LogP contribution in [-0.4, -0.2) is 32.1 Å². The molecule has 0 saturated heterocycles. The molecule has 0 aromatic heterocycles. The first kappa shape index (κ1) is 20.9. The van der Waals surface area contributed by atoms with E-state index in [2.05, 4.69) is 111 Å². The van der Waals surface area contributed by atoms with Gasteiger partial charge in [-0.1, -0.05) is 72.8 Å². The van der Waals surface area contributed by atoms with Gasteiger partial charge < -0.3 is 9.64 Å². The predicted octanol–water partition coefficient (Wildman–Crippen LogP) is 5.80. The fraction of sp³-hybridized carbons (Fsp3) is 0.259. The van der Waals surface area contributed by atoms with Crippen molar-refractivity contribution < 1.29 is 4.74 Å². The Morgan fingerprint density at radius 3 is 2.24 bits per heavy atom. The first-order chi connectivity index (χ1) is 14.1. The molecule has 0 spiro atoms. The summed E-state index contributed by atoms with van der Waals surface area (Å²) in [6, 6.07) is 27.8. The number of nitrogens with zero attached hydrogens (tertiary/aromatic N) is 1. The van der Waals surface area contributed by atoms with Crippen LogP contribution in [0.4, 0.5) is 0 Å². The van der Waals surface area contributed by atoms with Crippen molar-refractivity contribution in [3.63, 3.8) is 0 Å². The van der Waals surface area contributed by atoms with Crippen molar-refractivity contribution in [1.29, 1.82) is 0 Å². The average molecular weight is 386 g/mol. The molecule has 150 valence electrons. The molecule has 2 heteroatoms. The van der Waals surface area contributed by atoms with E-state index in [4.69, 9.17) is 4.74 Å². The van der Waals surface area contributed by atoms with Gasteiger partial charge in [0.05, 0.1) is 0 Å². The maximum Gasteiger partial charge on any atom is 0.119 e. The molecule has 0 N–H and O–H groups in total. The fourth-order valence-electron chi connectivity index (χ4n) is 3.29. The van der Waals surface area contributed by atoms with Crippen molar-refractivity contribution in [3.05, 3.63) is 107 Å². The number of ether oxygens (including phenoxy) is 1. The topological polar surface area (TPSA) is 12.5 Å². The monoisotopic (exact) mass is 385 g/mol. The Labute approximate surface area is 175 Å². The first-order valence-corrected chi connectivity index (χ1v) is 10.3. The molecular formula is C27H31NO.